The predicted molar refractivity (Wildman–Crippen MR) is 80.2 cm³/mol. The zero-order chi connectivity index (χ0) is 13.8. The number of thiazole rings is 1. The van der Waals surface area contributed by atoms with Crippen LogP contribution in [-0.2, 0) is 6.42 Å². The van der Waals surface area contributed by atoms with Gasteiger partial charge in [0.25, 0.3) is 0 Å². The molecule has 19 heavy (non-hydrogen) atoms. The lowest BCUT2D eigenvalue weighted by Crippen LogP contribution is -2.55. The first-order chi connectivity index (χ1) is 9.10. The normalized spacial score (nSPS) is 24.3. The van der Waals surface area contributed by atoms with Crippen molar-refractivity contribution >= 4 is 11.3 Å². The number of aromatic nitrogens is 1. The molecule has 1 aliphatic heterocycles. The Morgan fingerprint density at radius 1 is 1.53 bits per heavy atom. The fraction of sp³-hybridized carbons (Fsp3) is 0.769. The van der Waals surface area contributed by atoms with E-state index in [4.69, 9.17) is 5.84 Å². The summed E-state index contributed by atoms with van der Waals surface area (Å²) >= 11 is 1.73. The van der Waals surface area contributed by atoms with Crippen LogP contribution in [0.15, 0.2) is 5.38 Å². The SMILES string of the molecule is Cc1csc(CC(NN)C2CN(C)CCCN2C)n1. The first kappa shape index (κ1) is 14.9. The van der Waals surface area contributed by atoms with Crippen molar-refractivity contribution in [2.75, 3.05) is 33.7 Å². The highest BCUT2D eigenvalue weighted by Gasteiger charge is 2.28. The maximum absolute atomic E-state index is 5.80. The number of likely N-dealkylation sites (N-methyl/N-ethyl adjacent to an activating group) is 2. The third-order valence-corrected chi connectivity index (χ3v) is 4.84. The molecule has 0 aromatic carbocycles. The maximum atomic E-state index is 5.80. The van der Waals surface area contributed by atoms with E-state index in [2.05, 4.69) is 39.7 Å². The van der Waals surface area contributed by atoms with Crippen molar-refractivity contribution in [2.45, 2.75) is 31.8 Å². The van der Waals surface area contributed by atoms with Crippen molar-refractivity contribution in [1.82, 2.24) is 20.2 Å². The molecule has 1 aromatic rings. The molecule has 0 aliphatic carbocycles. The standard InChI is InChI=1S/C13H25N5S/c1-10-9-19-13(15-10)7-11(16-14)12-8-17(2)5-4-6-18(12)3/h9,11-12,16H,4-8,14H2,1-3H3. The molecule has 1 fully saturated rings. The highest BCUT2D eigenvalue weighted by atomic mass is 32.1. The Balaban J connectivity index is 2.06. The molecule has 0 bridgehead atoms. The number of aryl methyl sites for hydroxylation is 1. The fourth-order valence-electron chi connectivity index (χ4n) is 2.73. The molecule has 0 radical (unpaired) electrons. The summed E-state index contributed by atoms with van der Waals surface area (Å²) in [6, 6.07) is 0.679. The van der Waals surface area contributed by atoms with Crippen molar-refractivity contribution < 1.29 is 0 Å². The molecule has 108 valence electrons. The lowest BCUT2D eigenvalue weighted by Gasteiger charge is -2.33. The van der Waals surface area contributed by atoms with Crippen LogP contribution in [0.25, 0.3) is 0 Å². The van der Waals surface area contributed by atoms with Gasteiger partial charge in [-0.1, -0.05) is 0 Å². The molecule has 0 amide bonds. The van der Waals surface area contributed by atoms with Gasteiger partial charge in [-0.2, -0.15) is 0 Å². The molecule has 0 spiro atoms. The topological polar surface area (TPSA) is 57.4 Å². The van der Waals surface area contributed by atoms with E-state index in [0.717, 1.165) is 31.7 Å². The average molecular weight is 283 g/mol. The van der Waals surface area contributed by atoms with Crippen molar-refractivity contribution in [3.05, 3.63) is 16.1 Å². The highest BCUT2D eigenvalue weighted by molar-refractivity contribution is 7.09. The van der Waals surface area contributed by atoms with Gasteiger partial charge in [0.15, 0.2) is 0 Å². The molecule has 2 heterocycles. The van der Waals surface area contributed by atoms with Gasteiger partial charge in [0.05, 0.1) is 5.01 Å². The van der Waals surface area contributed by atoms with E-state index in [0.29, 0.717) is 6.04 Å². The van der Waals surface area contributed by atoms with Crippen LogP contribution >= 0.6 is 11.3 Å². The molecule has 1 aromatic heterocycles. The fourth-order valence-corrected chi connectivity index (χ4v) is 3.56. The molecule has 5 nitrogen and oxygen atoms in total. The zero-order valence-corrected chi connectivity index (χ0v) is 12.9. The Labute approximate surface area is 119 Å². The van der Waals surface area contributed by atoms with Gasteiger partial charge in [-0.3, -0.25) is 11.3 Å². The van der Waals surface area contributed by atoms with Crippen molar-refractivity contribution in [3.8, 4) is 0 Å². The minimum atomic E-state index is 0.246. The largest absolute Gasteiger partial charge is 0.305 e. The quantitative estimate of drug-likeness (QED) is 0.621. The number of rotatable bonds is 4. The number of nitrogens with zero attached hydrogens (tertiary/aromatic N) is 3. The summed E-state index contributed by atoms with van der Waals surface area (Å²) in [5, 5.41) is 3.27. The second-order valence-corrected chi connectivity index (χ2v) is 6.47. The summed E-state index contributed by atoms with van der Waals surface area (Å²) in [5.41, 5.74) is 4.11. The van der Waals surface area contributed by atoms with Crippen LogP contribution in [0.5, 0.6) is 0 Å². The van der Waals surface area contributed by atoms with Crippen LogP contribution in [0.1, 0.15) is 17.1 Å². The lowest BCUT2D eigenvalue weighted by atomic mass is 10.0. The van der Waals surface area contributed by atoms with E-state index in [1.807, 2.05) is 6.92 Å². The summed E-state index contributed by atoms with van der Waals surface area (Å²) in [5.74, 6) is 5.80. The summed E-state index contributed by atoms with van der Waals surface area (Å²) in [4.78, 5) is 9.37. The van der Waals surface area contributed by atoms with Gasteiger partial charge < -0.3 is 9.80 Å². The molecule has 2 atom stereocenters. The van der Waals surface area contributed by atoms with Gasteiger partial charge >= 0.3 is 0 Å². The Morgan fingerprint density at radius 3 is 2.95 bits per heavy atom. The molecule has 1 saturated heterocycles. The van der Waals surface area contributed by atoms with E-state index in [1.165, 1.54) is 11.4 Å². The number of nitrogens with one attached hydrogen (secondary N) is 1. The third kappa shape index (κ3) is 3.97. The summed E-state index contributed by atoms with van der Waals surface area (Å²) in [6.45, 7) is 5.38. The Bertz CT molecular complexity index is 394. The first-order valence-electron chi connectivity index (χ1n) is 6.86. The summed E-state index contributed by atoms with van der Waals surface area (Å²) in [6.07, 6.45) is 2.12. The lowest BCUT2D eigenvalue weighted by molar-refractivity contribution is 0.177. The van der Waals surface area contributed by atoms with Crippen LogP contribution in [0, 0.1) is 6.92 Å². The van der Waals surface area contributed by atoms with Crippen LogP contribution in [0.2, 0.25) is 0 Å². The minimum absolute atomic E-state index is 0.246. The molecule has 1 aliphatic rings. The maximum Gasteiger partial charge on any atom is 0.0944 e. The molecular formula is C13H25N5S. The number of hydrogen-bond acceptors (Lipinski definition) is 6. The van der Waals surface area contributed by atoms with Crippen LogP contribution in [0.4, 0.5) is 0 Å². The number of hydrogen-bond donors (Lipinski definition) is 2. The van der Waals surface area contributed by atoms with E-state index in [1.54, 1.807) is 11.3 Å². The van der Waals surface area contributed by atoms with Crippen molar-refractivity contribution in [3.63, 3.8) is 0 Å². The number of hydrazine groups is 1. The van der Waals surface area contributed by atoms with Gasteiger partial charge in [-0.15, -0.1) is 11.3 Å². The Hall–Kier alpha value is -0.530. The van der Waals surface area contributed by atoms with Gasteiger partial charge in [0, 0.05) is 36.1 Å². The predicted octanol–water partition coefficient (Wildman–Crippen LogP) is 0.462. The third-order valence-electron chi connectivity index (χ3n) is 3.86. The zero-order valence-electron chi connectivity index (χ0n) is 12.1. The van der Waals surface area contributed by atoms with Crippen molar-refractivity contribution in [2.24, 2.45) is 5.84 Å². The van der Waals surface area contributed by atoms with Gasteiger partial charge in [-0.05, 0) is 40.5 Å². The molecule has 3 N–H and O–H groups in total. The van der Waals surface area contributed by atoms with Crippen LogP contribution in [-0.4, -0.2) is 60.6 Å². The van der Waals surface area contributed by atoms with E-state index in [-0.39, 0.29) is 6.04 Å². The monoisotopic (exact) mass is 283 g/mol. The second kappa shape index (κ2) is 6.76. The van der Waals surface area contributed by atoms with Crippen molar-refractivity contribution in [1.29, 1.82) is 0 Å². The van der Waals surface area contributed by atoms with Gasteiger partial charge in [0.1, 0.15) is 0 Å². The Morgan fingerprint density at radius 2 is 2.32 bits per heavy atom. The average Bonchev–Trinajstić information content (AvgIpc) is 2.70. The molecule has 0 saturated carbocycles. The molecule has 6 heteroatoms. The van der Waals surface area contributed by atoms with E-state index in [9.17, 15) is 0 Å². The number of nitrogens with two attached hydrogens (primary N) is 1. The van der Waals surface area contributed by atoms with Crippen LogP contribution < -0.4 is 11.3 Å². The van der Waals surface area contributed by atoms with Crippen LogP contribution in [0.3, 0.4) is 0 Å². The molecule has 2 unspecified atom stereocenters. The highest BCUT2D eigenvalue weighted by Crippen LogP contribution is 2.16. The van der Waals surface area contributed by atoms with E-state index < -0.39 is 0 Å². The summed E-state index contributed by atoms with van der Waals surface area (Å²) in [7, 11) is 4.38. The second-order valence-electron chi connectivity index (χ2n) is 5.52. The summed E-state index contributed by atoms with van der Waals surface area (Å²) < 4.78 is 0. The minimum Gasteiger partial charge on any atom is -0.305 e. The first-order valence-corrected chi connectivity index (χ1v) is 7.74. The van der Waals surface area contributed by atoms with Gasteiger partial charge in [-0.25, -0.2) is 4.98 Å². The van der Waals surface area contributed by atoms with Gasteiger partial charge in [0.2, 0.25) is 0 Å². The molecule has 2 rings (SSSR count). The smallest absolute Gasteiger partial charge is 0.0944 e. The van der Waals surface area contributed by atoms with E-state index >= 15 is 0 Å². The Kier molecular flexibility index (Phi) is 5.29. The molecular weight excluding hydrogens is 258 g/mol.